The number of aromatic nitrogens is 1. The lowest BCUT2D eigenvalue weighted by Crippen LogP contribution is -2.30. The number of allylic oxidation sites excluding steroid dienone is 5. The molecule has 6 aromatic carbocycles. The Hall–Kier alpha value is -6.45. The van der Waals surface area contributed by atoms with Gasteiger partial charge in [-0.1, -0.05) is 127 Å². The van der Waals surface area contributed by atoms with E-state index in [1.807, 2.05) is 12.3 Å². The van der Waals surface area contributed by atoms with E-state index in [1.165, 1.54) is 72.0 Å². The number of para-hydroxylation sites is 1. The van der Waals surface area contributed by atoms with Gasteiger partial charge in [-0.05, 0) is 95.4 Å². The molecule has 3 nitrogen and oxygen atoms in total. The monoisotopic (exact) mass is 667 g/mol. The van der Waals surface area contributed by atoms with Gasteiger partial charge in [0.15, 0.2) is 0 Å². The van der Waals surface area contributed by atoms with E-state index in [0.717, 1.165) is 17.2 Å². The molecule has 3 aliphatic carbocycles. The van der Waals surface area contributed by atoms with Crippen LogP contribution in [0.3, 0.4) is 0 Å². The molecule has 0 radical (unpaired) electrons. The number of benzene rings is 6. The Morgan fingerprint density at radius 3 is 1.92 bits per heavy atom. The molecule has 0 saturated heterocycles. The molecule has 2 atom stereocenters. The van der Waals surface area contributed by atoms with Crippen molar-refractivity contribution in [2.75, 3.05) is 9.80 Å². The van der Waals surface area contributed by atoms with Gasteiger partial charge < -0.3 is 4.90 Å². The summed E-state index contributed by atoms with van der Waals surface area (Å²) in [7, 11) is 0. The highest BCUT2D eigenvalue weighted by atomic mass is 15.2. The molecule has 1 heterocycles. The summed E-state index contributed by atoms with van der Waals surface area (Å²) in [6.45, 7) is 4.58. The molecule has 7 aromatic rings. The topological polar surface area (TPSA) is 19.4 Å². The molecule has 0 bridgehead atoms. The SMILES string of the molecule is CC1=CC(N(c2ccccn2)c2cccc3ccccc23)=C2C=Cc3c(C)cc(N(c4ccccc4)c4cccc5ccccc45)c4c3C2C1C=C4. The molecule has 1 aromatic heterocycles. The van der Waals surface area contributed by atoms with E-state index < -0.39 is 0 Å². The fraction of sp³-hybridized carbons (Fsp3) is 0.0816. The van der Waals surface area contributed by atoms with Crippen molar-refractivity contribution < 1.29 is 0 Å². The van der Waals surface area contributed by atoms with Gasteiger partial charge in [-0.2, -0.15) is 0 Å². The molecule has 0 N–H and O–H groups in total. The summed E-state index contributed by atoms with van der Waals surface area (Å²) in [5.74, 6) is 1.32. The largest absolute Gasteiger partial charge is 0.309 e. The number of nitrogens with zero attached hydrogens (tertiary/aromatic N) is 3. The van der Waals surface area contributed by atoms with Gasteiger partial charge in [-0.25, -0.2) is 4.98 Å². The number of pyridine rings is 1. The summed E-state index contributed by atoms with van der Waals surface area (Å²) in [4.78, 5) is 9.81. The van der Waals surface area contributed by atoms with E-state index in [2.05, 4.69) is 187 Å². The second kappa shape index (κ2) is 12.1. The van der Waals surface area contributed by atoms with E-state index in [1.54, 1.807) is 0 Å². The fourth-order valence-electron chi connectivity index (χ4n) is 8.79. The van der Waals surface area contributed by atoms with E-state index in [9.17, 15) is 0 Å². The Morgan fingerprint density at radius 1 is 0.558 bits per heavy atom. The standard InChI is InChI=1S/C49H37N3/c1-32-30-45(51(36-18-4-3-5-19-36)43-22-12-16-34-14-6-8-20-39(34)43)41-27-25-38-33(2)31-46(42-28-26-37(32)48(41)49(38)42)52(47-24-10-11-29-50-47)44-23-13-17-35-15-7-9-21-40(35)44/h3-31,38,49H,1-2H3. The van der Waals surface area contributed by atoms with Crippen molar-refractivity contribution in [3.05, 3.63) is 203 Å². The predicted molar refractivity (Wildman–Crippen MR) is 219 cm³/mol. The predicted octanol–water partition coefficient (Wildman–Crippen LogP) is 13.0. The molecule has 52 heavy (non-hydrogen) atoms. The van der Waals surface area contributed by atoms with Gasteiger partial charge in [0.25, 0.3) is 0 Å². The molecule has 248 valence electrons. The van der Waals surface area contributed by atoms with Crippen LogP contribution in [0.4, 0.5) is 28.6 Å². The summed E-state index contributed by atoms with van der Waals surface area (Å²) in [6, 6.07) is 50.1. The van der Waals surface area contributed by atoms with Gasteiger partial charge in [0, 0.05) is 40.1 Å². The summed E-state index contributed by atoms with van der Waals surface area (Å²) in [5, 5.41) is 4.87. The van der Waals surface area contributed by atoms with Crippen molar-refractivity contribution in [2.45, 2.75) is 19.8 Å². The minimum absolute atomic E-state index is 0.157. The van der Waals surface area contributed by atoms with Crippen LogP contribution in [0.5, 0.6) is 0 Å². The minimum atomic E-state index is 0.157. The number of hydrogen-bond acceptors (Lipinski definition) is 3. The molecule has 0 aliphatic heterocycles. The number of aryl methyl sites for hydroxylation is 1. The Bertz CT molecular complexity index is 2650. The first-order valence-electron chi connectivity index (χ1n) is 18.1. The van der Waals surface area contributed by atoms with Crippen LogP contribution in [0.1, 0.15) is 35.1 Å². The highest BCUT2D eigenvalue weighted by Crippen LogP contribution is 2.56. The van der Waals surface area contributed by atoms with Crippen LogP contribution < -0.4 is 9.80 Å². The number of fused-ring (bicyclic) bond motifs is 2. The van der Waals surface area contributed by atoms with Crippen LogP contribution in [-0.2, 0) is 0 Å². The molecule has 0 amide bonds. The van der Waals surface area contributed by atoms with Gasteiger partial charge in [0.05, 0.1) is 22.8 Å². The zero-order valence-corrected chi connectivity index (χ0v) is 29.2. The summed E-state index contributed by atoms with van der Waals surface area (Å²) >= 11 is 0. The minimum Gasteiger partial charge on any atom is -0.309 e. The average molecular weight is 668 g/mol. The van der Waals surface area contributed by atoms with E-state index >= 15 is 0 Å². The van der Waals surface area contributed by atoms with Crippen LogP contribution in [0.2, 0.25) is 0 Å². The van der Waals surface area contributed by atoms with Crippen LogP contribution in [0.25, 0.3) is 33.7 Å². The summed E-state index contributed by atoms with van der Waals surface area (Å²) < 4.78 is 0. The first kappa shape index (κ1) is 30.4. The maximum absolute atomic E-state index is 4.96. The van der Waals surface area contributed by atoms with Crippen molar-refractivity contribution in [1.29, 1.82) is 0 Å². The third kappa shape index (κ3) is 4.70. The third-order valence-corrected chi connectivity index (χ3v) is 11.1. The lowest BCUT2D eigenvalue weighted by atomic mass is 9.65. The Balaban J connectivity index is 1.23. The van der Waals surface area contributed by atoms with Crippen LogP contribution in [0.15, 0.2) is 181 Å². The van der Waals surface area contributed by atoms with Crippen molar-refractivity contribution in [1.82, 2.24) is 4.98 Å². The van der Waals surface area contributed by atoms with Crippen LogP contribution in [-0.4, -0.2) is 4.98 Å². The van der Waals surface area contributed by atoms with Crippen molar-refractivity contribution in [2.24, 2.45) is 5.92 Å². The van der Waals surface area contributed by atoms with Gasteiger partial charge in [-0.15, -0.1) is 0 Å². The van der Waals surface area contributed by atoms with Gasteiger partial charge in [0.2, 0.25) is 0 Å². The quantitative estimate of drug-likeness (QED) is 0.176. The zero-order valence-electron chi connectivity index (χ0n) is 29.2. The highest BCUT2D eigenvalue weighted by molar-refractivity contribution is 6.01. The zero-order chi connectivity index (χ0) is 34.8. The number of rotatable bonds is 6. The van der Waals surface area contributed by atoms with E-state index in [-0.39, 0.29) is 11.8 Å². The Morgan fingerprint density at radius 2 is 1.21 bits per heavy atom. The summed E-state index contributed by atoms with van der Waals surface area (Å²) in [5.41, 5.74) is 13.8. The molecule has 0 spiro atoms. The molecule has 2 unspecified atom stereocenters. The lowest BCUT2D eigenvalue weighted by Gasteiger charge is -2.43. The van der Waals surface area contributed by atoms with E-state index in [4.69, 9.17) is 4.98 Å². The van der Waals surface area contributed by atoms with Crippen molar-refractivity contribution in [3.8, 4) is 0 Å². The van der Waals surface area contributed by atoms with Crippen molar-refractivity contribution >= 4 is 62.3 Å². The second-order valence-corrected chi connectivity index (χ2v) is 14.1. The Kier molecular flexibility index (Phi) is 7.07. The fourth-order valence-corrected chi connectivity index (χ4v) is 8.79. The van der Waals surface area contributed by atoms with Gasteiger partial charge >= 0.3 is 0 Å². The molecule has 0 saturated carbocycles. The molecule has 10 rings (SSSR count). The van der Waals surface area contributed by atoms with Gasteiger partial charge in [0.1, 0.15) is 5.82 Å². The third-order valence-electron chi connectivity index (χ3n) is 11.1. The molecule has 3 aliphatic rings. The number of hydrogen-bond donors (Lipinski definition) is 0. The Labute approximate surface area is 304 Å². The molecular formula is C49H37N3. The molecular weight excluding hydrogens is 631 g/mol. The van der Waals surface area contributed by atoms with Crippen LogP contribution in [0, 0.1) is 12.8 Å². The average Bonchev–Trinajstić information content (AvgIpc) is 3.20. The summed E-state index contributed by atoms with van der Waals surface area (Å²) in [6.07, 6.45) is 13.9. The van der Waals surface area contributed by atoms with E-state index in [0.29, 0.717) is 0 Å². The second-order valence-electron chi connectivity index (χ2n) is 14.1. The van der Waals surface area contributed by atoms with Crippen LogP contribution >= 0.6 is 0 Å². The maximum Gasteiger partial charge on any atom is 0.137 e. The normalized spacial score (nSPS) is 16.9. The maximum atomic E-state index is 4.96. The highest BCUT2D eigenvalue weighted by Gasteiger charge is 2.40. The van der Waals surface area contributed by atoms with Crippen molar-refractivity contribution in [3.63, 3.8) is 0 Å². The first-order valence-corrected chi connectivity index (χ1v) is 18.1. The lowest BCUT2D eigenvalue weighted by molar-refractivity contribution is 0.620. The first-order chi connectivity index (χ1) is 25.7. The molecule has 3 heteroatoms. The number of anilines is 5. The van der Waals surface area contributed by atoms with Gasteiger partial charge in [-0.3, -0.25) is 4.90 Å². The smallest absolute Gasteiger partial charge is 0.137 e. The molecule has 0 fully saturated rings.